The Morgan fingerprint density at radius 2 is 1.93 bits per heavy atom. The number of carbonyl (C=O) groups excluding carboxylic acids is 2. The van der Waals surface area contributed by atoms with E-state index in [4.69, 9.17) is 11.6 Å². The summed E-state index contributed by atoms with van der Waals surface area (Å²) < 4.78 is 0. The molecule has 29 heavy (non-hydrogen) atoms. The molecule has 3 atom stereocenters. The normalized spacial score (nSPS) is 24.3. The first-order valence-corrected chi connectivity index (χ1v) is 10.5. The molecule has 0 bridgehead atoms. The van der Waals surface area contributed by atoms with Crippen LogP contribution in [0.2, 0.25) is 5.02 Å². The highest BCUT2D eigenvalue weighted by Gasteiger charge is 2.38. The van der Waals surface area contributed by atoms with Crippen molar-refractivity contribution in [1.82, 2.24) is 0 Å². The number of nitrogens with one attached hydrogen (secondary N) is 1. The molecule has 0 aliphatic carbocycles. The van der Waals surface area contributed by atoms with Gasteiger partial charge >= 0.3 is 0 Å². The van der Waals surface area contributed by atoms with Crippen LogP contribution >= 0.6 is 11.6 Å². The second-order valence-electron chi connectivity index (χ2n) is 7.64. The van der Waals surface area contributed by atoms with Gasteiger partial charge in [0.2, 0.25) is 5.91 Å². The molecule has 2 heterocycles. The minimum atomic E-state index is -0.564. The van der Waals surface area contributed by atoms with Crippen molar-refractivity contribution in [3.8, 4) is 0 Å². The molecule has 0 aromatic heterocycles. The molecule has 2 aliphatic rings. The van der Waals surface area contributed by atoms with Crippen LogP contribution in [0.25, 0.3) is 0 Å². The summed E-state index contributed by atoms with van der Waals surface area (Å²) in [6.07, 6.45) is 4.14. The Hall–Kier alpha value is -2.50. The molecule has 1 N–H and O–H groups in total. The second-order valence-corrected chi connectivity index (χ2v) is 8.07. The van der Waals surface area contributed by atoms with E-state index in [1.165, 1.54) is 24.3 Å². The third-order valence-electron chi connectivity index (χ3n) is 5.96. The first-order valence-electron chi connectivity index (χ1n) is 10.2. The Kier molecular flexibility index (Phi) is 5.79. The van der Waals surface area contributed by atoms with Crippen molar-refractivity contribution in [1.29, 1.82) is 0 Å². The minimum Gasteiger partial charge on any atom is -0.331 e. The average Bonchev–Trinajstić information content (AvgIpc) is 3.19. The van der Waals surface area contributed by atoms with Crippen molar-refractivity contribution in [2.24, 2.45) is 4.99 Å². The molecule has 2 aromatic rings. The molecule has 1 saturated heterocycles. The lowest BCUT2D eigenvalue weighted by molar-refractivity contribution is -0.908. The summed E-state index contributed by atoms with van der Waals surface area (Å²) in [6, 6.07) is 14.6. The molecule has 2 amide bonds. The zero-order chi connectivity index (χ0) is 20.4. The fraction of sp³-hybridized carbons (Fsp3) is 0.348. The van der Waals surface area contributed by atoms with Crippen LogP contribution in [0, 0.1) is 0 Å². The molecule has 2 unspecified atom stereocenters. The molecule has 0 radical (unpaired) electrons. The number of rotatable bonds is 5. The van der Waals surface area contributed by atoms with Gasteiger partial charge in [0.1, 0.15) is 6.04 Å². The van der Waals surface area contributed by atoms with Crippen molar-refractivity contribution in [3.05, 3.63) is 64.7 Å². The summed E-state index contributed by atoms with van der Waals surface area (Å²) in [5.41, 5.74) is 1.79. The number of carbonyl (C=O) groups is 2. The summed E-state index contributed by atoms with van der Waals surface area (Å²) >= 11 is 5.98. The fourth-order valence-electron chi connectivity index (χ4n) is 4.40. The van der Waals surface area contributed by atoms with Crippen LogP contribution in [-0.4, -0.2) is 43.7 Å². The van der Waals surface area contributed by atoms with E-state index in [0.717, 1.165) is 12.1 Å². The molecule has 2 aromatic carbocycles. The monoisotopic (exact) mass is 410 g/mol. The predicted molar refractivity (Wildman–Crippen MR) is 115 cm³/mol. The summed E-state index contributed by atoms with van der Waals surface area (Å²) in [5.74, 6) is -1.15. The Labute approximate surface area is 176 Å². The Balaban J connectivity index is 1.64. The van der Waals surface area contributed by atoms with E-state index in [0.29, 0.717) is 28.9 Å². The van der Waals surface area contributed by atoms with Gasteiger partial charge in [0.25, 0.3) is 5.91 Å². The van der Waals surface area contributed by atoms with Crippen molar-refractivity contribution in [2.45, 2.75) is 31.7 Å². The number of quaternary nitrogens is 1. The van der Waals surface area contributed by atoms with Crippen molar-refractivity contribution in [3.63, 3.8) is 0 Å². The van der Waals surface area contributed by atoms with E-state index < -0.39 is 5.92 Å². The van der Waals surface area contributed by atoms with Gasteiger partial charge in [-0.15, -0.1) is 0 Å². The van der Waals surface area contributed by atoms with Gasteiger partial charge in [-0.1, -0.05) is 29.8 Å². The van der Waals surface area contributed by atoms with Gasteiger partial charge in [0.05, 0.1) is 31.2 Å². The average molecular weight is 411 g/mol. The topological polar surface area (TPSA) is 54.2 Å². The lowest BCUT2D eigenvalue weighted by Crippen LogP contribution is -3.13. The Bertz CT molecular complexity index is 941. The van der Waals surface area contributed by atoms with Gasteiger partial charge in [0, 0.05) is 29.6 Å². The summed E-state index contributed by atoms with van der Waals surface area (Å²) in [4.78, 5) is 33.8. The van der Waals surface area contributed by atoms with E-state index >= 15 is 0 Å². The minimum absolute atomic E-state index is 0.272. The number of hydrogen-bond donors (Lipinski definition) is 1. The van der Waals surface area contributed by atoms with Gasteiger partial charge in [-0.3, -0.25) is 14.6 Å². The zero-order valence-corrected chi connectivity index (χ0v) is 17.2. The van der Waals surface area contributed by atoms with E-state index in [1.54, 1.807) is 41.4 Å². The van der Waals surface area contributed by atoms with Crippen molar-refractivity contribution in [2.75, 3.05) is 24.5 Å². The summed E-state index contributed by atoms with van der Waals surface area (Å²) in [6.45, 7) is 5.21. The van der Waals surface area contributed by atoms with Gasteiger partial charge in [0.15, 0.2) is 0 Å². The number of fused-ring (bicyclic) bond motifs is 1. The summed E-state index contributed by atoms with van der Waals surface area (Å²) in [7, 11) is 0. The van der Waals surface area contributed by atoms with E-state index in [-0.39, 0.29) is 11.8 Å². The Morgan fingerprint density at radius 1 is 1.17 bits per heavy atom. The molecule has 2 aliphatic heterocycles. The van der Waals surface area contributed by atoms with Crippen molar-refractivity contribution < 1.29 is 14.5 Å². The van der Waals surface area contributed by atoms with Crippen molar-refractivity contribution >= 4 is 35.3 Å². The highest BCUT2D eigenvalue weighted by Crippen LogP contribution is 2.32. The molecular formula is C23H25ClN3O2+. The van der Waals surface area contributed by atoms with Gasteiger partial charge < -0.3 is 4.90 Å². The first-order chi connectivity index (χ1) is 14.1. The SMILES string of the molecule is CC[NH+]1CCC[C@H]1CN=CC1C(=O)N(c2ccc(Cl)cc2)C(=O)c2ccccc21. The van der Waals surface area contributed by atoms with Gasteiger partial charge in [-0.2, -0.15) is 0 Å². The number of nitrogens with zero attached hydrogens (tertiary/aromatic N) is 2. The van der Waals surface area contributed by atoms with E-state index in [1.807, 2.05) is 18.2 Å². The highest BCUT2D eigenvalue weighted by atomic mass is 35.5. The number of imide groups is 1. The lowest BCUT2D eigenvalue weighted by Gasteiger charge is -2.31. The summed E-state index contributed by atoms with van der Waals surface area (Å²) in [5, 5.41) is 0.559. The van der Waals surface area contributed by atoms with Crippen LogP contribution in [0.15, 0.2) is 53.5 Å². The molecule has 150 valence electrons. The quantitative estimate of drug-likeness (QED) is 0.608. The Morgan fingerprint density at radius 3 is 2.69 bits per heavy atom. The van der Waals surface area contributed by atoms with Crippen LogP contribution in [0.1, 0.15) is 41.6 Å². The molecular weight excluding hydrogens is 386 g/mol. The first kappa shape index (κ1) is 19.8. The van der Waals surface area contributed by atoms with Crippen LogP contribution in [0.3, 0.4) is 0 Å². The number of anilines is 1. The van der Waals surface area contributed by atoms with Gasteiger partial charge in [-0.25, -0.2) is 4.90 Å². The van der Waals surface area contributed by atoms with Crippen LogP contribution in [0.5, 0.6) is 0 Å². The predicted octanol–water partition coefficient (Wildman–Crippen LogP) is 2.75. The maximum atomic E-state index is 13.3. The number of likely N-dealkylation sites (N-methyl/N-ethyl adjacent to an activating group) is 1. The molecule has 0 spiro atoms. The standard InChI is InChI=1S/C23H24ClN3O2/c1-2-26-13-5-6-18(26)14-25-15-21-19-7-3-4-8-20(19)22(28)27(23(21)29)17-11-9-16(24)10-12-17/h3-4,7-12,15,18,21H,2,5-6,13-14H2,1H3/p+1/t18-,21?/m0/s1. The number of aliphatic imine (C=N–C) groups is 1. The number of hydrogen-bond acceptors (Lipinski definition) is 3. The maximum absolute atomic E-state index is 13.3. The lowest BCUT2D eigenvalue weighted by atomic mass is 9.89. The van der Waals surface area contributed by atoms with Crippen LogP contribution in [0.4, 0.5) is 5.69 Å². The van der Waals surface area contributed by atoms with E-state index in [2.05, 4.69) is 11.9 Å². The number of amides is 2. The van der Waals surface area contributed by atoms with Crippen LogP contribution in [-0.2, 0) is 4.79 Å². The molecule has 5 nitrogen and oxygen atoms in total. The zero-order valence-electron chi connectivity index (χ0n) is 16.5. The number of benzene rings is 2. The third kappa shape index (κ3) is 3.85. The smallest absolute Gasteiger partial charge is 0.265 e. The molecule has 6 heteroatoms. The van der Waals surface area contributed by atoms with E-state index in [9.17, 15) is 9.59 Å². The van der Waals surface area contributed by atoms with Crippen LogP contribution < -0.4 is 9.80 Å². The second kappa shape index (κ2) is 8.47. The number of halogens is 1. The largest absolute Gasteiger partial charge is 0.331 e. The molecule has 0 saturated carbocycles. The third-order valence-corrected chi connectivity index (χ3v) is 6.21. The fourth-order valence-corrected chi connectivity index (χ4v) is 4.52. The maximum Gasteiger partial charge on any atom is 0.265 e. The molecule has 1 fully saturated rings. The van der Waals surface area contributed by atoms with Gasteiger partial charge in [-0.05, 0) is 42.8 Å². The number of likely N-dealkylation sites (tertiary alicyclic amines) is 1. The molecule has 4 rings (SSSR count). The highest BCUT2D eigenvalue weighted by molar-refractivity contribution is 6.31.